The van der Waals surface area contributed by atoms with E-state index in [2.05, 4.69) is 0 Å². The molecule has 0 unspecified atom stereocenters. The molecular weight excluding hydrogens is 282 g/mol. The summed E-state index contributed by atoms with van der Waals surface area (Å²) >= 11 is 5.85. The number of rotatable bonds is 5. The summed E-state index contributed by atoms with van der Waals surface area (Å²) in [6.45, 7) is 6.21. The average molecular weight is 302 g/mol. The lowest BCUT2D eigenvalue weighted by molar-refractivity contribution is 0.420. The van der Waals surface area contributed by atoms with Crippen molar-refractivity contribution in [2.45, 2.75) is 50.4 Å². The molecule has 19 heavy (non-hydrogen) atoms. The van der Waals surface area contributed by atoms with Gasteiger partial charge in [-0.3, -0.25) is 0 Å². The molecule has 1 aromatic rings. The normalized spacial score (nSPS) is 16.1. The van der Waals surface area contributed by atoms with Crippen LogP contribution in [0.15, 0.2) is 17.0 Å². The number of benzene rings is 1. The summed E-state index contributed by atoms with van der Waals surface area (Å²) in [5, 5.41) is 0. The fourth-order valence-corrected chi connectivity index (χ4v) is 4.56. The molecule has 0 spiro atoms. The fraction of sp³-hybridized carbons (Fsp3) is 0.571. The van der Waals surface area contributed by atoms with E-state index in [1.165, 1.54) is 0 Å². The van der Waals surface area contributed by atoms with E-state index in [1.807, 2.05) is 26.8 Å². The molecule has 3 nitrogen and oxygen atoms in total. The Labute approximate surface area is 120 Å². The SMILES string of the molecule is CCN(C1CC1)S(=O)(=O)c1cc(CCl)cc(C)c1C. The molecule has 1 aliphatic rings. The number of nitrogens with zero attached hydrogens (tertiary/aromatic N) is 1. The third-order valence-corrected chi connectivity index (χ3v) is 6.15. The highest BCUT2D eigenvalue weighted by Crippen LogP contribution is 2.33. The predicted octanol–water partition coefficient (Wildman–Crippen LogP) is 3.22. The summed E-state index contributed by atoms with van der Waals surface area (Å²) in [6.07, 6.45) is 1.95. The van der Waals surface area contributed by atoms with E-state index in [-0.39, 0.29) is 6.04 Å². The van der Waals surface area contributed by atoms with Crippen LogP contribution in [0, 0.1) is 13.8 Å². The number of hydrogen-bond donors (Lipinski definition) is 0. The van der Waals surface area contributed by atoms with E-state index < -0.39 is 10.0 Å². The van der Waals surface area contributed by atoms with Gasteiger partial charge in [-0.25, -0.2) is 8.42 Å². The third kappa shape index (κ3) is 2.81. The molecule has 0 atom stereocenters. The quantitative estimate of drug-likeness (QED) is 0.783. The second-order valence-corrected chi connectivity index (χ2v) is 7.24. The molecule has 0 radical (unpaired) electrons. The minimum atomic E-state index is -3.40. The molecule has 0 heterocycles. The minimum Gasteiger partial charge on any atom is -0.207 e. The molecule has 1 fully saturated rings. The number of aryl methyl sites for hydroxylation is 1. The summed E-state index contributed by atoms with van der Waals surface area (Å²) in [6, 6.07) is 3.86. The minimum absolute atomic E-state index is 0.189. The van der Waals surface area contributed by atoms with Gasteiger partial charge >= 0.3 is 0 Å². The van der Waals surface area contributed by atoms with Crippen molar-refractivity contribution in [1.82, 2.24) is 4.31 Å². The maximum Gasteiger partial charge on any atom is 0.243 e. The topological polar surface area (TPSA) is 37.4 Å². The molecule has 2 rings (SSSR count). The van der Waals surface area contributed by atoms with Gasteiger partial charge in [-0.05, 0) is 49.4 Å². The molecule has 0 bridgehead atoms. The van der Waals surface area contributed by atoms with Crippen molar-refractivity contribution in [1.29, 1.82) is 0 Å². The van der Waals surface area contributed by atoms with Gasteiger partial charge in [0.2, 0.25) is 10.0 Å². The van der Waals surface area contributed by atoms with Crippen LogP contribution in [0.1, 0.15) is 36.5 Å². The number of alkyl halides is 1. The van der Waals surface area contributed by atoms with Gasteiger partial charge in [0.05, 0.1) is 4.90 Å². The van der Waals surface area contributed by atoms with Crippen LogP contribution in [0.3, 0.4) is 0 Å². The second kappa shape index (κ2) is 5.43. The lowest BCUT2D eigenvalue weighted by Gasteiger charge is -2.22. The Morgan fingerprint density at radius 2 is 1.95 bits per heavy atom. The summed E-state index contributed by atoms with van der Waals surface area (Å²) < 4.78 is 27.2. The molecule has 0 aliphatic heterocycles. The molecule has 0 saturated heterocycles. The summed E-state index contributed by atoms with van der Waals surface area (Å²) in [4.78, 5) is 0.414. The highest BCUT2D eigenvalue weighted by molar-refractivity contribution is 7.89. The Morgan fingerprint density at radius 3 is 2.42 bits per heavy atom. The zero-order valence-corrected chi connectivity index (χ0v) is 13.2. The van der Waals surface area contributed by atoms with Crippen molar-refractivity contribution < 1.29 is 8.42 Å². The summed E-state index contributed by atoms with van der Waals surface area (Å²) in [7, 11) is -3.40. The summed E-state index contributed by atoms with van der Waals surface area (Å²) in [5.74, 6) is 0.333. The third-order valence-electron chi connectivity index (χ3n) is 3.69. The van der Waals surface area contributed by atoms with Crippen molar-refractivity contribution in [3.8, 4) is 0 Å². The summed E-state index contributed by atoms with van der Waals surface area (Å²) in [5.41, 5.74) is 2.66. The molecule has 106 valence electrons. The van der Waals surface area contributed by atoms with Crippen LogP contribution in [0.2, 0.25) is 0 Å². The van der Waals surface area contributed by atoms with Crippen LogP contribution in [0.25, 0.3) is 0 Å². The van der Waals surface area contributed by atoms with Gasteiger partial charge in [0.15, 0.2) is 0 Å². The van der Waals surface area contributed by atoms with E-state index in [0.29, 0.717) is 17.3 Å². The number of hydrogen-bond acceptors (Lipinski definition) is 2. The standard InChI is InChI=1S/C14H20ClNO2S/c1-4-16(13-5-6-13)19(17,18)14-8-12(9-15)7-10(2)11(14)3/h7-8,13H,4-6,9H2,1-3H3. The van der Waals surface area contributed by atoms with Gasteiger partial charge in [-0.1, -0.05) is 13.0 Å². The zero-order valence-electron chi connectivity index (χ0n) is 11.6. The van der Waals surface area contributed by atoms with Gasteiger partial charge in [0.25, 0.3) is 0 Å². The first-order chi connectivity index (χ1) is 8.91. The Bertz CT molecular complexity index is 579. The Balaban J connectivity index is 2.53. The van der Waals surface area contributed by atoms with E-state index in [9.17, 15) is 8.42 Å². The van der Waals surface area contributed by atoms with Crippen LogP contribution < -0.4 is 0 Å². The zero-order chi connectivity index (χ0) is 14.2. The molecule has 1 aliphatic carbocycles. The highest BCUT2D eigenvalue weighted by Gasteiger charge is 2.37. The van der Waals surface area contributed by atoms with Crippen LogP contribution in [0.4, 0.5) is 0 Å². The Kier molecular flexibility index (Phi) is 4.23. The van der Waals surface area contributed by atoms with Crippen LogP contribution >= 0.6 is 11.6 Å². The Hall–Kier alpha value is -0.580. The van der Waals surface area contributed by atoms with Gasteiger partial charge in [0.1, 0.15) is 0 Å². The van der Waals surface area contributed by atoms with Crippen LogP contribution in [-0.4, -0.2) is 25.3 Å². The fourth-order valence-electron chi connectivity index (χ4n) is 2.36. The number of halogens is 1. The van der Waals surface area contributed by atoms with Crippen LogP contribution in [-0.2, 0) is 15.9 Å². The maximum atomic E-state index is 12.8. The van der Waals surface area contributed by atoms with Crippen molar-refractivity contribution in [2.24, 2.45) is 0 Å². The molecule has 5 heteroatoms. The maximum absolute atomic E-state index is 12.8. The average Bonchev–Trinajstić information content (AvgIpc) is 3.17. The van der Waals surface area contributed by atoms with E-state index >= 15 is 0 Å². The van der Waals surface area contributed by atoms with Crippen molar-refractivity contribution in [3.05, 3.63) is 28.8 Å². The lowest BCUT2D eigenvalue weighted by atomic mass is 10.1. The van der Waals surface area contributed by atoms with E-state index in [4.69, 9.17) is 11.6 Å². The molecule has 1 aromatic carbocycles. The largest absolute Gasteiger partial charge is 0.243 e. The lowest BCUT2D eigenvalue weighted by Crippen LogP contribution is -2.33. The first-order valence-electron chi connectivity index (χ1n) is 6.59. The molecule has 1 saturated carbocycles. The van der Waals surface area contributed by atoms with E-state index in [1.54, 1.807) is 10.4 Å². The highest BCUT2D eigenvalue weighted by atomic mass is 35.5. The van der Waals surface area contributed by atoms with Gasteiger partial charge in [0, 0.05) is 18.5 Å². The first kappa shape index (κ1) is 14.8. The number of sulfonamides is 1. The van der Waals surface area contributed by atoms with Crippen molar-refractivity contribution >= 4 is 21.6 Å². The van der Waals surface area contributed by atoms with Gasteiger partial charge in [-0.2, -0.15) is 4.31 Å². The molecule has 0 amide bonds. The van der Waals surface area contributed by atoms with E-state index in [0.717, 1.165) is 29.5 Å². The van der Waals surface area contributed by atoms with Crippen molar-refractivity contribution in [2.75, 3.05) is 6.54 Å². The molecule has 0 N–H and O–H groups in total. The Morgan fingerprint density at radius 1 is 1.32 bits per heavy atom. The van der Waals surface area contributed by atoms with Crippen molar-refractivity contribution in [3.63, 3.8) is 0 Å². The van der Waals surface area contributed by atoms with Crippen LogP contribution in [0.5, 0.6) is 0 Å². The monoisotopic (exact) mass is 301 g/mol. The van der Waals surface area contributed by atoms with Gasteiger partial charge in [-0.15, -0.1) is 11.6 Å². The molecular formula is C14H20ClNO2S. The predicted molar refractivity (Wildman–Crippen MR) is 78.1 cm³/mol. The second-order valence-electron chi connectivity index (χ2n) is 5.11. The first-order valence-corrected chi connectivity index (χ1v) is 8.57. The molecule has 0 aromatic heterocycles. The van der Waals surface area contributed by atoms with Gasteiger partial charge < -0.3 is 0 Å². The smallest absolute Gasteiger partial charge is 0.207 e.